The predicted octanol–water partition coefficient (Wildman–Crippen LogP) is 3.20. The summed E-state index contributed by atoms with van der Waals surface area (Å²) in [5, 5.41) is 7.20. The highest BCUT2D eigenvalue weighted by molar-refractivity contribution is 6.35. The Morgan fingerprint density at radius 1 is 1.20 bits per heavy atom. The average molecular weight is 383 g/mol. The van der Waals surface area contributed by atoms with Crippen LogP contribution in [0.25, 0.3) is 0 Å². The Morgan fingerprint density at radius 3 is 2.80 bits per heavy atom. The molecule has 0 saturated carbocycles. The van der Waals surface area contributed by atoms with Gasteiger partial charge in [-0.2, -0.15) is 0 Å². The second-order valence-electron chi connectivity index (χ2n) is 5.30. The van der Waals surface area contributed by atoms with Crippen LogP contribution < -0.4 is 10.6 Å². The molecule has 0 atom stereocenters. The van der Waals surface area contributed by atoms with Gasteiger partial charge in [-0.15, -0.1) is 0 Å². The molecule has 8 heteroatoms. The van der Waals surface area contributed by atoms with Crippen molar-refractivity contribution in [2.45, 2.75) is 12.8 Å². The Balaban J connectivity index is 1.85. The standard InChI is InChI=1S/C17H20Cl2N4O2/c1-25-8-2-6-21-17(24)15-10-16(23-11-22-15)20-7-5-12-3-4-13(18)9-14(12)19/h3-4,9-11H,2,5-8H2,1H3,(H,21,24)(H,20,22,23). The number of halogens is 2. The molecule has 0 bridgehead atoms. The van der Waals surface area contributed by atoms with Gasteiger partial charge in [-0.3, -0.25) is 4.79 Å². The molecule has 0 aliphatic rings. The Morgan fingerprint density at radius 2 is 2.04 bits per heavy atom. The molecule has 1 aromatic carbocycles. The molecule has 0 spiro atoms. The summed E-state index contributed by atoms with van der Waals surface area (Å²) in [6.07, 6.45) is 2.82. The van der Waals surface area contributed by atoms with E-state index in [1.165, 1.54) is 6.33 Å². The molecule has 134 valence electrons. The monoisotopic (exact) mass is 382 g/mol. The number of aromatic nitrogens is 2. The van der Waals surface area contributed by atoms with Gasteiger partial charge in [0, 0.05) is 42.9 Å². The number of anilines is 1. The van der Waals surface area contributed by atoms with E-state index in [1.807, 2.05) is 6.07 Å². The number of hydrogen-bond acceptors (Lipinski definition) is 5. The summed E-state index contributed by atoms with van der Waals surface area (Å²) < 4.78 is 4.94. The van der Waals surface area contributed by atoms with Crippen LogP contribution in [0.4, 0.5) is 5.82 Å². The van der Waals surface area contributed by atoms with E-state index in [0.29, 0.717) is 47.7 Å². The molecule has 0 fully saturated rings. The third-order valence-corrected chi connectivity index (χ3v) is 4.01. The number of benzene rings is 1. The maximum Gasteiger partial charge on any atom is 0.270 e. The Labute approximate surface area is 156 Å². The first-order valence-corrected chi connectivity index (χ1v) is 8.62. The number of ether oxygens (including phenoxy) is 1. The van der Waals surface area contributed by atoms with Crippen molar-refractivity contribution < 1.29 is 9.53 Å². The zero-order valence-electron chi connectivity index (χ0n) is 13.9. The van der Waals surface area contributed by atoms with Gasteiger partial charge in [0.2, 0.25) is 0 Å². The van der Waals surface area contributed by atoms with E-state index in [0.717, 1.165) is 12.0 Å². The topological polar surface area (TPSA) is 76.1 Å². The maximum atomic E-state index is 12.0. The molecule has 2 N–H and O–H groups in total. The lowest BCUT2D eigenvalue weighted by atomic mass is 10.1. The minimum Gasteiger partial charge on any atom is -0.385 e. The number of carbonyl (C=O) groups excluding carboxylic acids is 1. The van der Waals surface area contributed by atoms with Gasteiger partial charge in [-0.1, -0.05) is 29.3 Å². The van der Waals surface area contributed by atoms with E-state index < -0.39 is 0 Å². The molecule has 0 radical (unpaired) electrons. The Hall–Kier alpha value is -1.89. The molecule has 0 aliphatic heterocycles. The quantitative estimate of drug-likeness (QED) is 0.651. The maximum absolute atomic E-state index is 12.0. The van der Waals surface area contributed by atoms with E-state index in [9.17, 15) is 4.79 Å². The van der Waals surface area contributed by atoms with E-state index in [4.69, 9.17) is 27.9 Å². The number of amides is 1. The van der Waals surface area contributed by atoms with Gasteiger partial charge >= 0.3 is 0 Å². The number of nitrogens with one attached hydrogen (secondary N) is 2. The van der Waals surface area contributed by atoms with Crippen molar-refractivity contribution in [2.24, 2.45) is 0 Å². The fourth-order valence-corrected chi connectivity index (χ4v) is 2.64. The van der Waals surface area contributed by atoms with Crippen LogP contribution in [-0.4, -0.2) is 42.7 Å². The minimum absolute atomic E-state index is 0.234. The highest BCUT2D eigenvalue weighted by Crippen LogP contribution is 2.21. The van der Waals surface area contributed by atoms with Crippen molar-refractivity contribution in [3.63, 3.8) is 0 Å². The molecule has 0 aliphatic carbocycles. The first kappa shape index (κ1) is 19.4. The molecule has 0 unspecified atom stereocenters. The van der Waals surface area contributed by atoms with Crippen LogP contribution in [0.3, 0.4) is 0 Å². The highest BCUT2D eigenvalue weighted by atomic mass is 35.5. The molecular weight excluding hydrogens is 363 g/mol. The number of hydrogen-bond donors (Lipinski definition) is 2. The Bertz CT molecular complexity index is 713. The van der Waals surface area contributed by atoms with Crippen LogP contribution in [0.2, 0.25) is 10.0 Å². The fourth-order valence-electron chi connectivity index (χ4n) is 2.14. The predicted molar refractivity (Wildman–Crippen MR) is 99.5 cm³/mol. The van der Waals surface area contributed by atoms with Crippen molar-refractivity contribution in [3.8, 4) is 0 Å². The molecule has 2 aromatic rings. The van der Waals surface area contributed by atoms with Gasteiger partial charge in [0.05, 0.1) is 0 Å². The van der Waals surface area contributed by atoms with E-state index >= 15 is 0 Å². The van der Waals surface area contributed by atoms with Crippen molar-refractivity contribution in [1.82, 2.24) is 15.3 Å². The summed E-state index contributed by atoms with van der Waals surface area (Å²) in [6, 6.07) is 7.04. The van der Waals surface area contributed by atoms with Crippen LogP contribution in [-0.2, 0) is 11.2 Å². The van der Waals surface area contributed by atoms with Gasteiger partial charge in [0.15, 0.2) is 0 Å². The zero-order valence-corrected chi connectivity index (χ0v) is 15.4. The van der Waals surface area contributed by atoms with Crippen LogP contribution in [0.5, 0.6) is 0 Å². The van der Waals surface area contributed by atoms with Crippen LogP contribution in [0.1, 0.15) is 22.5 Å². The molecule has 1 heterocycles. The smallest absolute Gasteiger partial charge is 0.270 e. The molecule has 6 nitrogen and oxygen atoms in total. The second-order valence-corrected chi connectivity index (χ2v) is 6.15. The van der Waals surface area contributed by atoms with Crippen molar-refractivity contribution in [1.29, 1.82) is 0 Å². The van der Waals surface area contributed by atoms with Gasteiger partial charge < -0.3 is 15.4 Å². The van der Waals surface area contributed by atoms with Gasteiger partial charge in [-0.05, 0) is 30.5 Å². The minimum atomic E-state index is -0.234. The lowest BCUT2D eigenvalue weighted by Gasteiger charge is -2.09. The van der Waals surface area contributed by atoms with Crippen molar-refractivity contribution in [2.75, 3.05) is 32.1 Å². The largest absolute Gasteiger partial charge is 0.385 e. The van der Waals surface area contributed by atoms with Gasteiger partial charge in [0.1, 0.15) is 17.8 Å². The van der Waals surface area contributed by atoms with E-state index in [2.05, 4.69) is 20.6 Å². The lowest BCUT2D eigenvalue weighted by Crippen LogP contribution is -2.26. The van der Waals surface area contributed by atoms with E-state index in [1.54, 1.807) is 25.3 Å². The van der Waals surface area contributed by atoms with Gasteiger partial charge in [0.25, 0.3) is 5.91 Å². The van der Waals surface area contributed by atoms with Crippen molar-refractivity contribution >= 4 is 34.9 Å². The van der Waals surface area contributed by atoms with Gasteiger partial charge in [-0.25, -0.2) is 9.97 Å². The van der Waals surface area contributed by atoms with E-state index in [-0.39, 0.29) is 5.91 Å². The van der Waals surface area contributed by atoms with Crippen LogP contribution >= 0.6 is 23.2 Å². The normalized spacial score (nSPS) is 10.5. The summed E-state index contributed by atoms with van der Waals surface area (Å²) in [7, 11) is 1.63. The average Bonchev–Trinajstić information content (AvgIpc) is 2.61. The SMILES string of the molecule is COCCCNC(=O)c1cc(NCCc2ccc(Cl)cc2Cl)ncn1. The number of carbonyl (C=O) groups is 1. The first-order chi connectivity index (χ1) is 12.1. The summed E-state index contributed by atoms with van der Waals surface area (Å²) in [5.74, 6) is 0.351. The third kappa shape index (κ3) is 6.49. The molecule has 1 amide bonds. The molecule has 2 rings (SSSR count). The third-order valence-electron chi connectivity index (χ3n) is 3.43. The first-order valence-electron chi connectivity index (χ1n) is 7.87. The molecule has 1 aromatic heterocycles. The second kappa shape index (κ2) is 10.2. The zero-order chi connectivity index (χ0) is 18.1. The summed E-state index contributed by atoms with van der Waals surface area (Å²) in [6.45, 7) is 1.76. The Kier molecular flexibility index (Phi) is 7.91. The molecule has 0 saturated heterocycles. The number of nitrogens with zero attached hydrogens (tertiary/aromatic N) is 2. The lowest BCUT2D eigenvalue weighted by molar-refractivity contribution is 0.0943. The number of rotatable bonds is 9. The molecule has 25 heavy (non-hydrogen) atoms. The summed E-state index contributed by atoms with van der Waals surface area (Å²) >= 11 is 12.0. The summed E-state index contributed by atoms with van der Waals surface area (Å²) in [4.78, 5) is 20.2. The van der Waals surface area contributed by atoms with Crippen LogP contribution in [0, 0.1) is 0 Å². The molecular formula is C17H20Cl2N4O2. The highest BCUT2D eigenvalue weighted by Gasteiger charge is 2.08. The summed E-state index contributed by atoms with van der Waals surface area (Å²) in [5.41, 5.74) is 1.31. The van der Waals surface area contributed by atoms with Crippen molar-refractivity contribution in [3.05, 3.63) is 51.9 Å². The van der Waals surface area contributed by atoms with Crippen LogP contribution in [0.15, 0.2) is 30.6 Å². The fraction of sp³-hybridized carbons (Fsp3) is 0.353. The number of methoxy groups -OCH3 is 1.